The van der Waals surface area contributed by atoms with Crippen molar-refractivity contribution in [2.45, 2.75) is 39.3 Å². The SMILES string of the molecule is COc1c(OCCCCO)ccc2c1CN1C(=N2)NC(=O)C1C(C)C. The van der Waals surface area contributed by atoms with Crippen molar-refractivity contribution in [2.75, 3.05) is 20.3 Å². The number of nitrogens with one attached hydrogen (secondary N) is 1. The van der Waals surface area contributed by atoms with E-state index < -0.39 is 0 Å². The lowest BCUT2D eigenvalue weighted by atomic mass is 10.0. The Hall–Kier alpha value is -2.28. The van der Waals surface area contributed by atoms with Gasteiger partial charge in [0.25, 0.3) is 0 Å². The number of rotatable bonds is 7. The van der Waals surface area contributed by atoms with Crippen molar-refractivity contribution in [3.63, 3.8) is 0 Å². The largest absolute Gasteiger partial charge is 0.492 e. The van der Waals surface area contributed by atoms with Crippen LogP contribution in [0.3, 0.4) is 0 Å². The zero-order valence-corrected chi connectivity index (χ0v) is 14.9. The molecular weight excluding hydrogens is 322 g/mol. The summed E-state index contributed by atoms with van der Waals surface area (Å²) in [7, 11) is 1.61. The Bertz CT molecular complexity index is 687. The molecule has 0 spiro atoms. The Morgan fingerprint density at radius 1 is 1.40 bits per heavy atom. The summed E-state index contributed by atoms with van der Waals surface area (Å²) in [5.41, 5.74) is 1.71. The normalized spacial score (nSPS) is 18.6. The second kappa shape index (κ2) is 7.31. The number of aliphatic imine (C=N–C) groups is 1. The number of fused-ring (bicyclic) bond motifs is 2. The highest BCUT2D eigenvalue weighted by molar-refractivity contribution is 6.08. The maximum Gasteiger partial charge on any atom is 0.249 e. The molecule has 0 bridgehead atoms. The lowest BCUT2D eigenvalue weighted by Crippen LogP contribution is -2.40. The number of ether oxygens (including phenoxy) is 2. The van der Waals surface area contributed by atoms with E-state index in [9.17, 15) is 4.79 Å². The van der Waals surface area contributed by atoms with Crippen LogP contribution in [-0.2, 0) is 11.3 Å². The summed E-state index contributed by atoms with van der Waals surface area (Å²) >= 11 is 0. The quantitative estimate of drug-likeness (QED) is 0.735. The number of amides is 1. The van der Waals surface area contributed by atoms with Crippen LogP contribution in [0.5, 0.6) is 11.5 Å². The van der Waals surface area contributed by atoms with E-state index in [-0.39, 0.29) is 24.5 Å². The van der Waals surface area contributed by atoms with Gasteiger partial charge in [-0.1, -0.05) is 13.8 Å². The molecule has 1 aromatic rings. The molecule has 0 radical (unpaired) electrons. The highest BCUT2D eigenvalue weighted by atomic mass is 16.5. The number of benzene rings is 1. The first kappa shape index (κ1) is 17.5. The van der Waals surface area contributed by atoms with Crippen molar-refractivity contribution in [3.8, 4) is 11.5 Å². The fourth-order valence-corrected chi connectivity index (χ4v) is 3.33. The van der Waals surface area contributed by atoms with Crippen LogP contribution in [0.15, 0.2) is 17.1 Å². The molecule has 2 aliphatic heterocycles. The number of guanidine groups is 1. The first-order valence-electron chi connectivity index (χ1n) is 8.66. The van der Waals surface area contributed by atoms with Gasteiger partial charge < -0.3 is 19.5 Å². The van der Waals surface area contributed by atoms with Crippen LogP contribution in [0.4, 0.5) is 5.69 Å². The third-order valence-corrected chi connectivity index (χ3v) is 4.51. The molecule has 3 rings (SSSR count). The average Bonchev–Trinajstić information content (AvgIpc) is 2.91. The molecule has 2 heterocycles. The number of carbonyl (C=O) groups excluding carboxylic acids is 1. The van der Waals surface area contributed by atoms with Crippen LogP contribution in [0.2, 0.25) is 0 Å². The summed E-state index contributed by atoms with van der Waals surface area (Å²) in [6, 6.07) is 3.50. The number of carbonyl (C=O) groups is 1. The highest BCUT2D eigenvalue weighted by Gasteiger charge is 2.41. The Morgan fingerprint density at radius 2 is 2.20 bits per heavy atom. The standard InChI is InChI=1S/C18H25N3O4/c1-11(2)15-17(23)20-18-19-13-6-7-14(25-9-5-4-8-22)16(24-3)12(13)10-21(15)18/h6-7,11,15,22H,4-5,8-10H2,1-3H3,(H,19,20,23). The monoisotopic (exact) mass is 347 g/mol. The van der Waals surface area contributed by atoms with Crippen molar-refractivity contribution < 1.29 is 19.4 Å². The maximum atomic E-state index is 12.2. The van der Waals surface area contributed by atoms with Gasteiger partial charge >= 0.3 is 0 Å². The molecule has 136 valence electrons. The Labute approximate surface area is 147 Å². The number of hydrogen-bond donors (Lipinski definition) is 2. The summed E-state index contributed by atoms with van der Waals surface area (Å²) in [5, 5.41) is 11.7. The number of methoxy groups -OCH3 is 1. The number of aliphatic hydroxyl groups excluding tert-OH is 1. The highest BCUT2D eigenvalue weighted by Crippen LogP contribution is 2.41. The van der Waals surface area contributed by atoms with Gasteiger partial charge in [-0.3, -0.25) is 10.1 Å². The van der Waals surface area contributed by atoms with E-state index >= 15 is 0 Å². The molecule has 0 aliphatic carbocycles. The molecule has 7 heteroatoms. The predicted molar refractivity (Wildman–Crippen MR) is 94.2 cm³/mol. The van der Waals surface area contributed by atoms with Crippen LogP contribution < -0.4 is 14.8 Å². The first-order valence-corrected chi connectivity index (χ1v) is 8.66. The summed E-state index contributed by atoms with van der Waals surface area (Å²) in [5.74, 6) is 2.09. The molecule has 1 unspecified atom stereocenters. The molecule has 1 atom stereocenters. The predicted octanol–water partition coefficient (Wildman–Crippen LogP) is 1.80. The summed E-state index contributed by atoms with van der Waals surface area (Å²) in [4.78, 5) is 18.8. The zero-order chi connectivity index (χ0) is 18.0. The topological polar surface area (TPSA) is 83.4 Å². The van der Waals surface area contributed by atoms with Gasteiger partial charge in [0.15, 0.2) is 11.5 Å². The molecule has 2 aliphatic rings. The number of aliphatic hydroxyl groups is 1. The molecular formula is C18H25N3O4. The number of hydrogen-bond acceptors (Lipinski definition) is 6. The van der Waals surface area contributed by atoms with E-state index in [1.165, 1.54) is 0 Å². The minimum Gasteiger partial charge on any atom is -0.492 e. The van der Waals surface area contributed by atoms with Crippen molar-refractivity contribution in [2.24, 2.45) is 10.9 Å². The smallest absolute Gasteiger partial charge is 0.249 e. The first-order chi connectivity index (χ1) is 12.1. The van der Waals surface area contributed by atoms with Gasteiger partial charge in [-0.05, 0) is 30.9 Å². The molecule has 0 saturated carbocycles. The van der Waals surface area contributed by atoms with E-state index in [0.717, 1.165) is 17.7 Å². The van der Waals surface area contributed by atoms with Gasteiger partial charge in [0, 0.05) is 12.2 Å². The molecule has 1 saturated heterocycles. The second-order valence-electron chi connectivity index (χ2n) is 6.62. The fourth-order valence-electron chi connectivity index (χ4n) is 3.33. The number of unbranched alkanes of at least 4 members (excludes halogenated alkanes) is 1. The van der Waals surface area contributed by atoms with E-state index in [0.29, 0.717) is 37.0 Å². The van der Waals surface area contributed by atoms with Gasteiger partial charge in [0.1, 0.15) is 6.04 Å². The summed E-state index contributed by atoms with van der Waals surface area (Å²) < 4.78 is 11.4. The van der Waals surface area contributed by atoms with Crippen molar-refractivity contribution in [1.29, 1.82) is 0 Å². The Balaban J connectivity index is 1.88. The fraction of sp³-hybridized carbons (Fsp3) is 0.556. The lowest BCUT2D eigenvalue weighted by Gasteiger charge is -2.30. The Morgan fingerprint density at radius 3 is 2.88 bits per heavy atom. The summed E-state index contributed by atoms with van der Waals surface area (Å²) in [6.07, 6.45) is 1.48. The van der Waals surface area contributed by atoms with E-state index in [4.69, 9.17) is 14.6 Å². The lowest BCUT2D eigenvalue weighted by molar-refractivity contribution is -0.122. The van der Waals surface area contributed by atoms with E-state index in [1.54, 1.807) is 7.11 Å². The van der Waals surface area contributed by atoms with Gasteiger partial charge in [-0.2, -0.15) is 0 Å². The molecule has 25 heavy (non-hydrogen) atoms. The van der Waals surface area contributed by atoms with Crippen molar-refractivity contribution in [3.05, 3.63) is 17.7 Å². The average molecular weight is 347 g/mol. The maximum absolute atomic E-state index is 12.2. The van der Waals surface area contributed by atoms with E-state index in [1.807, 2.05) is 30.9 Å². The van der Waals surface area contributed by atoms with Crippen LogP contribution in [-0.4, -0.2) is 48.2 Å². The number of nitrogens with zero attached hydrogens (tertiary/aromatic N) is 2. The van der Waals surface area contributed by atoms with Gasteiger partial charge in [-0.25, -0.2) is 4.99 Å². The third-order valence-electron chi connectivity index (χ3n) is 4.51. The zero-order valence-electron chi connectivity index (χ0n) is 14.9. The van der Waals surface area contributed by atoms with Gasteiger partial charge in [0.2, 0.25) is 11.9 Å². The van der Waals surface area contributed by atoms with Gasteiger partial charge in [0.05, 0.1) is 25.9 Å². The Kier molecular flexibility index (Phi) is 5.13. The second-order valence-corrected chi connectivity index (χ2v) is 6.62. The molecule has 1 fully saturated rings. The molecule has 1 aromatic carbocycles. The van der Waals surface area contributed by atoms with Crippen LogP contribution in [0.1, 0.15) is 32.3 Å². The van der Waals surface area contributed by atoms with Crippen molar-refractivity contribution >= 4 is 17.6 Å². The molecule has 7 nitrogen and oxygen atoms in total. The van der Waals surface area contributed by atoms with Crippen molar-refractivity contribution in [1.82, 2.24) is 10.2 Å². The van der Waals surface area contributed by atoms with E-state index in [2.05, 4.69) is 10.3 Å². The molecule has 2 N–H and O–H groups in total. The minimum absolute atomic E-state index is 0.0130. The molecule has 0 aromatic heterocycles. The van der Waals surface area contributed by atoms with Crippen LogP contribution >= 0.6 is 0 Å². The molecule has 1 amide bonds. The van der Waals surface area contributed by atoms with Gasteiger partial charge in [-0.15, -0.1) is 0 Å². The minimum atomic E-state index is -0.231. The van der Waals surface area contributed by atoms with Crippen LogP contribution in [0.25, 0.3) is 0 Å². The third kappa shape index (κ3) is 3.28. The van der Waals surface area contributed by atoms with Crippen LogP contribution in [0, 0.1) is 5.92 Å². The summed E-state index contributed by atoms with van der Waals surface area (Å²) in [6.45, 7) is 5.28.